The predicted octanol–water partition coefficient (Wildman–Crippen LogP) is 4.32. The van der Waals surface area contributed by atoms with Crippen LogP contribution in [0.3, 0.4) is 0 Å². The summed E-state index contributed by atoms with van der Waals surface area (Å²) in [6.45, 7) is 0. The van der Waals surface area contributed by atoms with Gasteiger partial charge in [-0.2, -0.15) is 0 Å². The van der Waals surface area contributed by atoms with Crippen molar-refractivity contribution < 1.29 is 18.7 Å². The first-order valence-corrected chi connectivity index (χ1v) is 7.11. The molecule has 1 aromatic carbocycles. The monoisotopic (exact) mass is 311 g/mol. The number of benzene rings is 1. The molecule has 0 aliphatic heterocycles. The lowest BCUT2D eigenvalue weighted by atomic mass is 10.1. The highest BCUT2D eigenvalue weighted by Gasteiger charge is 2.12. The molecule has 0 spiro atoms. The Kier molecular flexibility index (Phi) is 4.19. The molecule has 1 N–H and O–H groups in total. The molecule has 4 nitrogen and oxygen atoms in total. The Balaban J connectivity index is 1.80. The highest BCUT2D eigenvalue weighted by molar-refractivity contribution is 5.88. The Hall–Kier alpha value is -2.95. The number of oxazole rings is 1. The van der Waals surface area contributed by atoms with Gasteiger partial charge in [0, 0.05) is 18.4 Å². The van der Waals surface area contributed by atoms with Crippen LogP contribution in [-0.2, 0) is 6.42 Å². The van der Waals surface area contributed by atoms with E-state index in [1.807, 2.05) is 6.08 Å². The quantitative estimate of drug-likeness (QED) is 0.913. The van der Waals surface area contributed by atoms with Crippen molar-refractivity contribution >= 4 is 5.97 Å². The molecule has 116 valence electrons. The van der Waals surface area contributed by atoms with E-state index < -0.39 is 5.97 Å². The van der Waals surface area contributed by atoms with Gasteiger partial charge in [-0.15, -0.1) is 0 Å². The van der Waals surface area contributed by atoms with Crippen LogP contribution in [0.1, 0.15) is 22.5 Å². The van der Waals surface area contributed by atoms with Gasteiger partial charge in [0.05, 0.1) is 11.8 Å². The second kappa shape index (κ2) is 6.44. The second-order valence-electron chi connectivity index (χ2n) is 5.19. The van der Waals surface area contributed by atoms with Crippen LogP contribution in [0.4, 0.5) is 4.39 Å². The fourth-order valence-corrected chi connectivity index (χ4v) is 2.34. The van der Waals surface area contributed by atoms with Crippen LogP contribution < -0.4 is 0 Å². The van der Waals surface area contributed by atoms with Crippen LogP contribution in [0, 0.1) is 0 Å². The third kappa shape index (κ3) is 3.63. The summed E-state index contributed by atoms with van der Waals surface area (Å²) in [6.07, 6.45) is 9.03. The molecule has 5 heteroatoms. The summed E-state index contributed by atoms with van der Waals surface area (Å²) in [7, 11) is 0. The number of carboxylic acids is 1. The number of aromatic nitrogens is 1. The van der Waals surface area contributed by atoms with E-state index in [0.717, 1.165) is 5.57 Å². The number of carbonyl (C=O) groups is 1. The van der Waals surface area contributed by atoms with E-state index in [1.54, 1.807) is 30.5 Å². The molecule has 2 aromatic rings. The molecular weight excluding hydrogens is 297 g/mol. The number of aromatic carboxylic acids is 1. The van der Waals surface area contributed by atoms with Gasteiger partial charge in [-0.05, 0) is 24.3 Å². The van der Waals surface area contributed by atoms with Gasteiger partial charge in [-0.25, -0.2) is 14.2 Å². The molecule has 1 aliphatic carbocycles. The topological polar surface area (TPSA) is 63.3 Å². The van der Waals surface area contributed by atoms with E-state index in [9.17, 15) is 9.18 Å². The fraction of sp³-hybridized carbons (Fsp3) is 0.111. The number of rotatable bonds is 4. The maximum atomic E-state index is 13.5. The van der Waals surface area contributed by atoms with E-state index in [-0.39, 0.29) is 17.8 Å². The molecule has 0 fully saturated rings. The summed E-state index contributed by atoms with van der Waals surface area (Å²) >= 11 is 0. The van der Waals surface area contributed by atoms with Crippen molar-refractivity contribution in [2.75, 3.05) is 0 Å². The highest BCUT2D eigenvalue weighted by Crippen LogP contribution is 2.24. The summed E-state index contributed by atoms with van der Waals surface area (Å²) in [4.78, 5) is 15.2. The van der Waals surface area contributed by atoms with E-state index in [0.29, 0.717) is 23.6 Å². The van der Waals surface area contributed by atoms with Crippen molar-refractivity contribution in [3.63, 3.8) is 0 Å². The van der Waals surface area contributed by atoms with Crippen LogP contribution in [0.15, 0.2) is 70.6 Å². The van der Waals surface area contributed by atoms with Crippen LogP contribution >= 0.6 is 0 Å². The Morgan fingerprint density at radius 1 is 1.30 bits per heavy atom. The van der Waals surface area contributed by atoms with Gasteiger partial charge in [0.1, 0.15) is 11.6 Å². The Morgan fingerprint density at radius 3 is 2.96 bits per heavy atom. The average Bonchev–Trinajstić information content (AvgIpc) is 2.90. The van der Waals surface area contributed by atoms with Gasteiger partial charge in [-0.1, -0.05) is 29.9 Å². The zero-order chi connectivity index (χ0) is 16.2. The van der Waals surface area contributed by atoms with Gasteiger partial charge < -0.3 is 9.52 Å². The summed E-state index contributed by atoms with van der Waals surface area (Å²) in [5.41, 5.74) is 1.65. The molecule has 0 bridgehead atoms. The van der Waals surface area contributed by atoms with E-state index in [1.165, 1.54) is 18.2 Å². The third-order valence-corrected chi connectivity index (χ3v) is 3.43. The summed E-state index contributed by atoms with van der Waals surface area (Å²) in [5, 5.41) is 9.02. The molecule has 0 unspecified atom stereocenters. The summed E-state index contributed by atoms with van der Waals surface area (Å²) < 4.78 is 19.1. The maximum Gasteiger partial charge on any atom is 0.335 e. The SMILES string of the molecule is O=C(O)c1cccc(-c2ncc(CC3=CC=CC=C(F)C3)o2)c1. The molecule has 1 aliphatic rings. The largest absolute Gasteiger partial charge is 0.478 e. The molecule has 1 aromatic heterocycles. The van der Waals surface area contributed by atoms with Crippen molar-refractivity contribution in [1.82, 2.24) is 4.98 Å². The molecule has 0 atom stereocenters. The lowest BCUT2D eigenvalue weighted by molar-refractivity contribution is 0.0697. The maximum absolute atomic E-state index is 13.5. The number of hydrogen-bond acceptors (Lipinski definition) is 3. The second-order valence-corrected chi connectivity index (χ2v) is 5.19. The molecule has 1 heterocycles. The van der Waals surface area contributed by atoms with Crippen molar-refractivity contribution in [3.8, 4) is 11.5 Å². The predicted molar refractivity (Wildman–Crippen MR) is 83.6 cm³/mol. The van der Waals surface area contributed by atoms with Gasteiger partial charge >= 0.3 is 5.97 Å². The van der Waals surface area contributed by atoms with Gasteiger partial charge in [0.25, 0.3) is 0 Å². The number of carboxylic acid groups (broad SMARTS) is 1. The third-order valence-electron chi connectivity index (χ3n) is 3.43. The van der Waals surface area contributed by atoms with E-state index in [4.69, 9.17) is 9.52 Å². The van der Waals surface area contributed by atoms with Crippen LogP contribution in [0.5, 0.6) is 0 Å². The molecule has 0 radical (unpaired) electrons. The Bertz CT molecular complexity index is 830. The van der Waals surface area contributed by atoms with Gasteiger partial charge in [0.15, 0.2) is 0 Å². The smallest absolute Gasteiger partial charge is 0.335 e. The van der Waals surface area contributed by atoms with E-state index >= 15 is 0 Å². The van der Waals surface area contributed by atoms with E-state index in [2.05, 4.69) is 4.98 Å². The number of hydrogen-bond donors (Lipinski definition) is 1. The van der Waals surface area contributed by atoms with Crippen LogP contribution in [0.25, 0.3) is 11.5 Å². The Labute approximate surface area is 132 Å². The molecule has 3 rings (SSSR count). The summed E-state index contributed by atoms with van der Waals surface area (Å²) in [6, 6.07) is 6.39. The van der Waals surface area contributed by atoms with Gasteiger partial charge in [0.2, 0.25) is 5.89 Å². The Morgan fingerprint density at radius 2 is 2.13 bits per heavy atom. The fourth-order valence-electron chi connectivity index (χ4n) is 2.34. The standard InChI is InChI=1S/C18H14FNO3/c19-15-7-2-1-4-12(8-15)9-16-11-20-17(23-16)13-5-3-6-14(10-13)18(21)22/h1-7,10-11H,8-9H2,(H,21,22). The first-order valence-electron chi connectivity index (χ1n) is 7.11. The number of nitrogens with zero attached hydrogens (tertiary/aromatic N) is 1. The van der Waals surface area contributed by atoms with Crippen molar-refractivity contribution in [2.45, 2.75) is 12.8 Å². The highest BCUT2D eigenvalue weighted by atomic mass is 19.1. The van der Waals surface area contributed by atoms with Crippen molar-refractivity contribution in [1.29, 1.82) is 0 Å². The van der Waals surface area contributed by atoms with Crippen molar-refractivity contribution in [2.24, 2.45) is 0 Å². The first kappa shape index (κ1) is 15.0. The molecule has 0 amide bonds. The average molecular weight is 311 g/mol. The molecular formula is C18H14FNO3. The lowest BCUT2D eigenvalue weighted by Gasteiger charge is -2.02. The van der Waals surface area contributed by atoms with Crippen LogP contribution in [-0.4, -0.2) is 16.1 Å². The van der Waals surface area contributed by atoms with Gasteiger partial charge in [-0.3, -0.25) is 0 Å². The number of allylic oxidation sites excluding steroid dienone is 6. The minimum atomic E-state index is -1.00. The zero-order valence-electron chi connectivity index (χ0n) is 12.2. The van der Waals surface area contributed by atoms with Crippen molar-refractivity contribution in [3.05, 3.63) is 77.5 Å². The normalized spacial score (nSPS) is 14.1. The molecule has 0 saturated carbocycles. The lowest BCUT2D eigenvalue weighted by Crippen LogP contribution is -1.95. The summed E-state index contributed by atoms with van der Waals surface area (Å²) in [5.74, 6) is -0.242. The number of halogens is 1. The minimum absolute atomic E-state index is 0.172. The zero-order valence-corrected chi connectivity index (χ0v) is 12.2. The first-order chi connectivity index (χ1) is 11.1. The minimum Gasteiger partial charge on any atom is -0.478 e. The molecule has 0 saturated heterocycles. The van der Waals surface area contributed by atoms with Crippen LogP contribution in [0.2, 0.25) is 0 Å². The molecule has 23 heavy (non-hydrogen) atoms.